The second-order valence-electron chi connectivity index (χ2n) is 6.24. The molecule has 2 N–H and O–H groups in total. The molecule has 0 aliphatic heterocycles. The molecule has 1 aromatic carbocycles. The fourth-order valence-electron chi connectivity index (χ4n) is 2.84. The molecule has 23 heavy (non-hydrogen) atoms. The number of carbonyl (C=O) groups is 2. The van der Waals surface area contributed by atoms with Gasteiger partial charge in [0.1, 0.15) is 6.61 Å². The van der Waals surface area contributed by atoms with Crippen LogP contribution in [0.3, 0.4) is 0 Å². The van der Waals surface area contributed by atoms with Crippen LogP contribution in [0.25, 0.3) is 0 Å². The van der Waals surface area contributed by atoms with Crippen molar-refractivity contribution in [2.75, 3.05) is 17.2 Å². The van der Waals surface area contributed by atoms with Crippen LogP contribution >= 0.6 is 0 Å². The van der Waals surface area contributed by atoms with Gasteiger partial charge in [-0.3, -0.25) is 9.59 Å². The first kappa shape index (κ1) is 17.5. The van der Waals surface area contributed by atoms with Crippen LogP contribution in [0.15, 0.2) is 24.3 Å². The highest BCUT2D eigenvalue weighted by molar-refractivity contribution is 5.94. The number of carbonyl (C=O) groups excluding carboxylic acids is 2. The maximum atomic E-state index is 12.0. The van der Waals surface area contributed by atoms with Gasteiger partial charge in [-0.05, 0) is 37.0 Å². The molecule has 0 unspecified atom stereocenters. The van der Waals surface area contributed by atoms with Crippen molar-refractivity contribution in [3.63, 3.8) is 0 Å². The molecule has 0 heterocycles. The number of nitrogens with one attached hydrogen (secondary N) is 2. The molecule has 0 spiro atoms. The number of rotatable bonds is 6. The Kier molecular flexibility index (Phi) is 6.59. The Morgan fingerprint density at radius 2 is 1.87 bits per heavy atom. The lowest BCUT2D eigenvalue weighted by Gasteiger charge is -2.26. The number of amides is 2. The third-order valence-electron chi connectivity index (χ3n) is 4.09. The van der Waals surface area contributed by atoms with E-state index in [9.17, 15) is 9.59 Å². The van der Waals surface area contributed by atoms with Gasteiger partial charge in [-0.1, -0.05) is 32.8 Å². The van der Waals surface area contributed by atoms with Crippen molar-refractivity contribution in [3.05, 3.63) is 24.3 Å². The van der Waals surface area contributed by atoms with Crippen LogP contribution in [-0.2, 0) is 14.3 Å². The van der Waals surface area contributed by atoms with Crippen LogP contribution in [0.4, 0.5) is 11.4 Å². The number of hydrogen-bond acceptors (Lipinski definition) is 3. The number of anilines is 2. The molecule has 126 valence electrons. The Morgan fingerprint density at radius 1 is 1.17 bits per heavy atom. The lowest BCUT2D eigenvalue weighted by molar-refractivity contribution is -0.123. The molecule has 0 aromatic heterocycles. The topological polar surface area (TPSA) is 67.4 Å². The van der Waals surface area contributed by atoms with Gasteiger partial charge in [0.2, 0.25) is 11.8 Å². The molecular weight excluding hydrogens is 292 g/mol. The Labute approximate surface area is 137 Å². The van der Waals surface area contributed by atoms with Crippen LogP contribution in [0.2, 0.25) is 0 Å². The molecule has 1 aromatic rings. The maximum absolute atomic E-state index is 12.0. The minimum Gasteiger partial charge on any atom is -0.368 e. The smallest absolute Gasteiger partial charge is 0.250 e. The molecular formula is C18H26N2O3. The van der Waals surface area contributed by atoms with E-state index >= 15 is 0 Å². The van der Waals surface area contributed by atoms with Gasteiger partial charge < -0.3 is 15.4 Å². The van der Waals surface area contributed by atoms with Gasteiger partial charge in [-0.2, -0.15) is 0 Å². The Balaban J connectivity index is 1.80. The predicted octanol–water partition coefficient (Wildman–Crippen LogP) is 3.57. The van der Waals surface area contributed by atoms with Gasteiger partial charge in [0, 0.05) is 17.8 Å². The van der Waals surface area contributed by atoms with Crippen LogP contribution < -0.4 is 10.6 Å². The van der Waals surface area contributed by atoms with Crippen molar-refractivity contribution >= 4 is 23.2 Å². The summed E-state index contributed by atoms with van der Waals surface area (Å²) in [5, 5.41) is 5.58. The third kappa shape index (κ3) is 6.02. The van der Waals surface area contributed by atoms with Gasteiger partial charge in [0.15, 0.2) is 0 Å². The minimum atomic E-state index is -0.165. The summed E-state index contributed by atoms with van der Waals surface area (Å²) in [5.41, 5.74) is 1.33. The standard InChI is InChI=1S/C18H26N2O3/c1-3-17(21)19-14-7-5-8-15(11-14)20-18(22)12-23-16-9-4-6-13(2)10-16/h5,7-8,11,13,16H,3-4,6,9-10,12H2,1-2H3,(H,19,21)(H,20,22)/t13-,16+/m1/s1. The summed E-state index contributed by atoms with van der Waals surface area (Å²) in [6.07, 6.45) is 5.11. The van der Waals surface area contributed by atoms with Gasteiger partial charge in [0.05, 0.1) is 6.10 Å². The van der Waals surface area contributed by atoms with Crippen LogP contribution in [0.1, 0.15) is 46.0 Å². The Morgan fingerprint density at radius 3 is 2.52 bits per heavy atom. The molecule has 1 aliphatic carbocycles. The zero-order valence-corrected chi connectivity index (χ0v) is 13.9. The minimum absolute atomic E-state index is 0.0526. The zero-order valence-electron chi connectivity index (χ0n) is 13.9. The lowest BCUT2D eigenvalue weighted by atomic mass is 9.89. The second-order valence-corrected chi connectivity index (χ2v) is 6.24. The van der Waals surface area contributed by atoms with Crippen LogP contribution in [0, 0.1) is 5.92 Å². The highest BCUT2D eigenvalue weighted by atomic mass is 16.5. The third-order valence-corrected chi connectivity index (χ3v) is 4.09. The number of benzene rings is 1. The van der Waals surface area contributed by atoms with Gasteiger partial charge in [-0.25, -0.2) is 0 Å². The molecule has 0 radical (unpaired) electrons. The van der Waals surface area contributed by atoms with E-state index in [4.69, 9.17) is 4.74 Å². The summed E-state index contributed by atoms with van der Waals surface area (Å²) >= 11 is 0. The van der Waals surface area contributed by atoms with Crippen molar-refractivity contribution in [2.45, 2.75) is 52.1 Å². The molecule has 0 bridgehead atoms. The first-order valence-corrected chi connectivity index (χ1v) is 8.38. The SMILES string of the molecule is CCC(=O)Nc1cccc(NC(=O)CO[C@H]2CCC[C@@H](C)C2)c1. The van der Waals surface area contributed by atoms with Crippen molar-refractivity contribution < 1.29 is 14.3 Å². The molecule has 1 aliphatic rings. The van der Waals surface area contributed by atoms with Crippen molar-refractivity contribution in [1.29, 1.82) is 0 Å². The predicted molar refractivity (Wildman–Crippen MR) is 91.4 cm³/mol. The van der Waals surface area contributed by atoms with Gasteiger partial charge in [-0.15, -0.1) is 0 Å². The molecule has 0 saturated heterocycles. The second kappa shape index (κ2) is 8.67. The van der Waals surface area contributed by atoms with E-state index in [0.717, 1.165) is 12.8 Å². The summed E-state index contributed by atoms with van der Waals surface area (Å²) in [7, 11) is 0. The summed E-state index contributed by atoms with van der Waals surface area (Å²) in [5.74, 6) is 0.459. The fraction of sp³-hybridized carbons (Fsp3) is 0.556. The first-order valence-electron chi connectivity index (χ1n) is 8.38. The van der Waals surface area contributed by atoms with E-state index in [0.29, 0.717) is 23.7 Å². The van der Waals surface area contributed by atoms with E-state index in [1.165, 1.54) is 12.8 Å². The van der Waals surface area contributed by atoms with Gasteiger partial charge in [0.25, 0.3) is 0 Å². The Hall–Kier alpha value is -1.88. The van der Waals surface area contributed by atoms with E-state index in [1.54, 1.807) is 31.2 Å². The summed E-state index contributed by atoms with van der Waals surface area (Å²) in [6.45, 7) is 4.10. The zero-order chi connectivity index (χ0) is 16.7. The summed E-state index contributed by atoms with van der Waals surface area (Å²) in [6, 6.07) is 7.13. The van der Waals surface area contributed by atoms with E-state index < -0.39 is 0 Å². The maximum Gasteiger partial charge on any atom is 0.250 e. The van der Waals surface area contributed by atoms with E-state index in [1.807, 2.05) is 0 Å². The average molecular weight is 318 g/mol. The molecule has 1 saturated carbocycles. The number of hydrogen-bond donors (Lipinski definition) is 2. The summed E-state index contributed by atoms with van der Waals surface area (Å²) in [4.78, 5) is 23.4. The molecule has 1 fully saturated rings. The van der Waals surface area contributed by atoms with Crippen molar-refractivity contribution in [1.82, 2.24) is 0 Å². The average Bonchev–Trinajstić information content (AvgIpc) is 2.53. The highest BCUT2D eigenvalue weighted by Crippen LogP contribution is 2.25. The molecule has 5 nitrogen and oxygen atoms in total. The van der Waals surface area contributed by atoms with Gasteiger partial charge >= 0.3 is 0 Å². The molecule has 2 atom stereocenters. The number of ether oxygens (including phenoxy) is 1. The largest absolute Gasteiger partial charge is 0.368 e. The van der Waals surface area contributed by atoms with E-state index in [2.05, 4.69) is 17.6 Å². The monoisotopic (exact) mass is 318 g/mol. The van der Waals surface area contributed by atoms with Crippen molar-refractivity contribution in [2.24, 2.45) is 5.92 Å². The normalized spacial score (nSPS) is 20.8. The Bertz CT molecular complexity index is 545. The van der Waals surface area contributed by atoms with E-state index in [-0.39, 0.29) is 24.5 Å². The first-order chi connectivity index (χ1) is 11.1. The fourth-order valence-corrected chi connectivity index (χ4v) is 2.84. The van der Waals surface area contributed by atoms with Crippen LogP contribution in [-0.4, -0.2) is 24.5 Å². The molecule has 2 rings (SSSR count). The van der Waals surface area contributed by atoms with Crippen LogP contribution in [0.5, 0.6) is 0 Å². The highest BCUT2D eigenvalue weighted by Gasteiger charge is 2.20. The lowest BCUT2D eigenvalue weighted by Crippen LogP contribution is -2.27. The molecule has 5 heteroatoms. The molecule has 2 amide bonds. The summed E-state index contributed by atoms with van der Waals surface area (Å²) < 4.78 is 5.72. The van der Waals surface area contributed by atoms with Crippen molar-refractivity contribution in [3.8, 4) is 0 Å². The quantitative estimate of drug-likeness (QED) is 0.842.